The average Bonchev–Trinajstić information content (AvgIpc) is 2.58. The highest BCUT2D eigenvalue weighted by Crippen LogP contribution is 2.13. The average molecular weight is 294 g/mol. The molecule has 21 heavy (non-hydrogen) atoms. The summed E-state index contributed by atoms with van der Waals surface area (Å²) < 4.78 is 16.4. The molecule has 5 heteroatoms. The Bertz CT molecular complexity index is 408. The maximum atomic E-state index is 5.53. The van der Waals surface area contributed by atoms with E-state index in [0.29, 0.717) is 6.17 Å². The minimum Gasteiger partial charge on any atom is -0.497 e. The van der Waals surface area contributed by atoms with Gasteiger partial charge in [-0.1, -0.05) is 0 Å². The number of rotatable bonds is 4. The summed E-state index contributed by atoms with van der Waals surface area (Å²) in [4.78, 5) is 3.26. The number of quaternary nitrogens is 2. The lowest BCUT2D eigenvalue weighted by Crippen LogP contribution is -3.32. The van der Waals surface area contributed by atoms with Crippen LogP contribution in [0.1, 0.15) is 11.7 Å². The van der Waals surface area contributed by atoms with Crippen LogP contribution in [0.4, 0.5) is 0 Å². The molecule has 2 aliphatic rings. The van der Waals surface area contributed by atoms with Crippen LogP contribution in [0.25, 0.3) is 0 Å². The number of nitrogens with one attached hydrogen (secondary N) is 2. The summed E-state index contributed by atoms with van der Waals surface area (Å²) in [5.41, 5.74) is 1.39. The van der Waals surface area contributed by atoms with Crippen molar-refractivity contribution in [3.8, 4) is 5.75 Å². The first-order valence-corrected chi connectivity index (χ1v) is 7.87. The Morgan fingerprint density at radius 1 is 0.857 bits per heavy atom. The molecule has 0 saturated carbocycles. The lowest BCUT2D eigenvalue weighted by molar-refractivity contribution is -1.14. The fourth-order valence-corrected chi connectivity index (χ4v) is 3.40. The Kier molecular flexibility index (Phi) is 5.08. The normalized spacial score (nSPS) is 21.6. The number of methoxy groups -OCH3 is 1. The molecule has 3 rings (SSSR count). The maximum Gasteiger partial charge on any atom is 0.240 e. The van der Waals surface area contributed by atoms with Crippen molar-refractivity contribution in [1.82, 2.24) is 0 Å². The Balaban J connectivity index is 1.82. The topological polar surface area (TPSA) is 36.6 Å². The standard InChI is InChI=1S/C16H24N2O3/c1-19-15-4-2-14(3-5-15)16(17-6-10-20-11-7-17)18-8-12-21-13-9-18/h2-5,16H,6-13H2,1H3/p+2. The van der Waals surface area contributed by atoms with E-state index in [1.54, 1.807) is 16.9 Å². The van der Waals surface area contributed by atoms with Gasteiger partial charge in [0.1, 0.15) is 31.9 Å². The number of hydrogen-bond acceptors (Lipinski definition) is 3. The van der Waals surface area contributed by atoms with E-state index in [2.05, 4.69) is 24.3 Å². The van der Waals surface area contributed by atoms with Gasteiger partial charge in [0, 0.05) is 0 Å². The van der Waals surface area contributed by atoms with Crippen LogP contribution in [-0.4, -0.2) is 59.7 Å². The number of morpholine rings is 2. The van der Waals surface area contributed by atoms with Gasteiger partial charge in [0.2, 0.25) is 6.17 Å². The SMILES string of the molecule is COc1ccc(C([NH+]2CCOCC2)[NH+]2CCOCC2)cc1. The Labute approximate surface area is 126 Å². The van der Waals surface area contributed by atoms with E-state index < -0.39 is 0 Å². The molecule has 0 amide bonds. The third-order valence-electron chi connectivity index (χ3n) is 4.54. The summed E-state index contributed by atoms with van der Waals surface area (Å²) >= 11 is 0. The van der Waals surface area contributed by atoms with Crippen molar-refractivity contribution in [2.75, 3.05) is 59.7 Å². The fourth-order valence-electron chi connectivity index (χ4n) is 3.40. The third kappa shape index (κ3) is 3.55. The first-order valence-electron chi connectivity index (χ1n) is 7.87. The highest BCUT2D eigenvalue weighted by Gasteiger charge is 2.35. The number of benzene rings is 1. The predicted octanol–water partition coefficient (Wildman–Crippen LogP) is -1.48. The zero-order valence-corrected chi connectivity index (χ0v) is 12.8. The molecule has 2 fully saturated rings. The summed E-state index contributed by atoms with van der Waals surface area (Å²) in [6, 6.07) is 8.58. The third-order valence-corrected chi connectivity index (χ3v) is 4.54. The highest BCUT2D eigenvalue weighted by atomic mass is 16.5. The molecule has 2 aliphatic heterocycles. The molecule has 2 N–H and O–H groups in total. The first-order chi connectivity index (χ1) is 10.4. The molecule has 0 spiro atoms. The molecule has 116 valence electrons. The van der Waals surface area contributed by atoms with Crippen molar-refractivity contribution in [2.45, 2.75) is 6.17 Å². The summed E-state index contributed by atoms with van der Waals surface area (Å²) in [6.45, 7) is 7.80. The van der Waals surface area contributed by atoms with E-state index in [9.17, 15) is 0 Å². The largest absolute Gasteiger partial charge is 0.497 e. The molecule has 2 heterocycles. The van der Waals surface area contributed by atoms with E-state index in [1.807, 2.05) is 0 Å². The van der Waals surface area contributed by atoms with Crippen molar-refractivity contribution >= 4 is 0 Å². The van der Waals surface area contributed by atoms with Crippen molar-refractivity contribution in [3.63, 3.8) is 0 Å². The van der Waals surface area contributed by atoms with E-state index >= 15 is 0 Å². The molecule has 0 aliphatic carbocycles. The van der Waals surface area contributed by atoms with Crippen molar-refractivity contribution in [3.05, 3.63) is 29.8 Å². The number of hydrogen-bond donors (Lipinski definition) is 2. The smallest absolute Gasteiger partial charge is 0.240 e. The van der Waals surface area contributed by atoms with Gasteiger partial charge in [-0.25, -0.2) is 0 Å². The predicted molar refractivity (Wildman–Crippen MR) is 78.8 cm³/mol. The van der Waals surface area contributed by atoms with Gasteiger partial charge in [-0.2, -0.15) is 0 Å². The van der Waals surface area contributed by atoms with E-state index in [-0.39, 0.29) is 0 Å². The quantitative estimate of drug-likeness (QED) is 0.711. The molecular weight excluding hydrogens is 268 g/mol. The molecule has 0 radical (unpaired) electrons. The molecule has 1 aromatic carbocycles. The van der Waals surface area contributed by atoms with Crippen LogP contribution in [0.5, 0.6) is 5.75 Å². The monoisotopic (exact) mass is 294 g/mol. The van der Waals surface area contributed by atoms with Gasteiger partial charge in [0.05, 0.1) is 39.1 Å². The Morgan fingerprint density at radius 2 is 1.33 bits per heavy atom. The zero-order valence-electron chi connectivity index (χ0n) is 12.8. The minimum atomic E-state index is 0.476. The fraction of sp³-hybridized carbons (Fsp3) is 0.625. The van der Waals surface area contributed by atoms with Gasteiger partial charge in [-0.3, -0.25) is 9.80 Å². The van der Waals surface area contributed by atoms with Gasteiger partial charge >= 0.3 is 0 Å². The molecule has 0 bridgehead atoms. The Hall–Kier alpha value is -1.14. The summed E-state index contributed by atoms with van der Waals surface area (Å²) in [7, 11) is 1.72. The summed E-state index contributed by atoms with van der Waals surface area (Å²) in [5.74, 6) is 0.923. The van der Waals surface area contributed by atoms with Crippen LogP contribution in [0.3, 0.4) is 0 Å². The number of ether oxygens (including phenoxy) is 3. The van der Waals surface area contributed by atoms with Gasteiger partial charge in [-0.05, 0) is 24.3 Å². The molecule has 0 aromatic heterocycles. The highest BCUT2D eigenvalue weighted by molar-refractivity contribution is 5.27. The molecule has 5 nitrogen and oxygen atoms in total. The van der Waals surface area contributed by atoms with Crippen LogP contribution < -0.4 is 14.5 Å². The summed E-state index contributed by atoms with van der Waals surface area (Å²) in [5, 5.41) is 0. The molecular formula is C16H26N2O3+2. The van der Waals surface area contributed by atoms with Crippen LogP contribution in [0.15, 0.2) is 24.3 Å². The maximum absolute atomic E-state index is 5.53. The van der Waals surface area contributed by atoms with E-state index in [1.165, 1.54) is 5.56 Å². The van der Waals surface area contributed by atoms with Crippen LogP contribution in [0.2, 0.25) is 0 Å². The second-order valence-corrected chi connectivity index (χ2v) is 5.75. The van der Waals surface area contributed by atoms with Crippen molar-refractivity contribution in [2.24, 2.45) is 0 Å². The minimum absolute atomic E-state index is 0.476. The first kappa shape index (κ1) is 14.8. The second kappa shape index (κ2) is 7.22. The summed E-state index contributed by atoms with van der Waals surface area (Å²) in [6.07, 6.45) is 0.476. The van der Waals surface area contributed by atoms with Crippen LogP contribution >= 0.6 is 0 Å². The lowest BCUT2D eigenvalue weighted by atomic mass is 10.1. The van der Waals surface area contributed by atoms with Gasteiger partial charge in [0.15, 0.2) is 0 Å². The zero-order chi connectivity index (χ0) is 14.5. The molecule has 0 unspecified atom stereocenters. The van der Waals surface area contributed by atoms with Crippen molar-refractivity contribution < 1.29 is 24.0 Å². The van der Waals surface area contributed by atoms with Crippen LogP contribution in [0, 0.1) is 0 Å². The molecule has 0 atom stereocenters. The van der Waals surface area contributed by atoms with Crippen molar-refractivity contribution in [1.29, 1.82) is 0 Å². The van der Waals surface area contributed by atoms with Gasteiger partial charge in [0.25, 0.3) is 0 Å². The van der Waals surface area contributed by atoms with Crippen LogP contribution in [-0.2, 0) is 9.47 Å². The van der Waals surface area contributed by atoms with Gasteiger partial charge < -0.3 is 14.2 Å². The molecule has 2 saturated heterocycles. The lowest BCUT2D eigenvalue weighted by Gasteiger charge is -2.37. The van der Waals surface area contributed by atoms with E-state index in [4.69, 9.17) is 14.2 Å². The van der Waals surface area contributed by atoms with E-state index in [0.717, 1.165) is 58.4 Å². The van der Waals surface area contributed by atoms with Gasteiger partial charge in [-0.15, -0.1) is 0 Å². The molecule has 1 aromatic rings. The second-order valence-electron chi connectivity index (χ2n) is 5.75. The Morgan fingerprint density at radius 3 is 1.76 bits per heavy atom.